The van der Waals surface area contributed by atoms with Gasteiger partial charge in [-0.1, -0.05) is 31.4 Å². The van der Waals surface area contributed by atoms with Gasteiger partial charge in [-0.05, 0) is 31.8 Å². The van der Waals surface area contributed by atoms with E-state index in [1.165, 1.54) is 25.7 Å². The Hall–Kier alpha value is -1.20. The zero-order valence-corrected chi connectivity index (χ0v) is 13.5. The molecule has 114 valence electrons. The van der Waals surface area contributed by atoms with E-state index in [1.807, 2.05) is 7.05 Å². The van der Waals surface area contributed by atoms with Gasteiger partial charge in [0.15, 0.2) is 5.65 Å². The molecule has 0 spiro atoms. The molecule has 2 aromatic heterocycles. The van der Waals surface area contributed by atoms with Crippen LogP contribution in [0.4, 0.5) is 0 Å². The molecule has 0 N–H and O–H groups in total. The second-order valence-electron chi connectivity index (χ2n) is 5.94. The average molecular weight is 308 g/mol. The van der Waals surface area contributed by atoms with E-state index in [0.29, 0.717) is 5.15 Å². The SMILES string of the molecule is CCCC1CCN(Cc2nc(Cl)c3cnn(C)c3n2)CC1. The fraction of sp³-hybridized carbons (Fsp3) is 0.667. The monoisotopic (exact) mass is 307 g/mol. The summed E-state index contributed by atoms with van der Waals surface area (Å²) in [5, 5.41) is 5.52. The third-order valence-electron chi connectivity index (χ3n) is 4.36. The highest BCUT2D eigenvalue weighted by Gasteiger charge is 2.20. The predicted octanol–water partition coefficient (Wildman–Crippen LogP) is 3.03. The van der Waals surface area contributed by atoms with Crippen molar-refractivity contribution in [3.63, 3.8) is 0 Å². The molecule has 1 saturated heterocycles. The highest BCUT2D eigenvalue weighted by molar-refractivity contribution is 6.33. The van der Waals surface area contributed by atoms with Gasteiger partial charge in [-0.15, -0.1) is 0 Å². The van der Waals surface area contributed by atoms with Gasteiger partial charge in [0, 0.05) is 7.05 Å². The van der Waals surface area contributed by atoms with E-state index < -0.39 is 0 Å². The van der Waals surface area contributed by atoms with Crippen LogP contribution in [0.3, 0.4) is 0 Å². The topological polar surface area (TPSA) is 46.8 Å². The molecule has 0 bridgehead atoms. The van der Waals surface area contributed by atoms with E-state index in [0.717, 1.165) is 42.4 Å². The summed E-state index contributed by atoms with van der Waals surface area (Å²) in [6, 6.07) is 0. The summed E-state index contributed by atoms with van der Waals surface area (Å²) in [5.41, 5.74) is 0.811. The van der Waals surface area contributed by atoms with Gasteiger partial charge in [0.05, 0.1) is 18.1 Å². The van der Waals surface area contributed by atoms with Gasteiger partial charge in [0.1, 0.15) is 11.0 Å². The molecular formula is C15H22ClN5. The maximum atomic E-state index is 6.23. The van der Waals surface area contributed by atoms with Crippen molar-refractivity contribution in [2.24, 2.45) is 13.0 Å². The number of hydrogen-bond acceptors (Lipinski definition) is 4. The standard InChI is InChI=1S/C15H22ClN5/c1-3-4-11-5-7-21(8-6-11)10-13-18-14(16)12-9-17-20(2)15(12)19-13/h9,11H,3-8,10H2,1-2H3. The molecule has 3 heterocycles. The minimum Gasteiger partial charge on any atom is -0.296 e. The van der Waals surface area contributed by atoms with Crippen LogP contribution in [0.1, 0.15) is 38.4 Å². The molecule has 0 aromatic carbocycles. The van der Waals surface area contributed by atoms with E-state index in [1.54, 1.807) is 10.9 Å². The minimum atomic E-state index is 0.504. The van der Waals surface area contributed by atoms with Crippen molar-refractivity contribution in [2.45, 2.75) is 39.2 Å². The Morgan fingerprint density at radius 2 is 2.05 bits per heavy atom. The molecular weight excluding hydrogens is 286 g/mol. The summed E-state index contributed by atoms with van der Waals surface area (Å²) in [6.45, 7) is 5.31. The highest BCUT2D eigenvalue weighted by Crippen LogP contribution is 2.24. The molecule has 0 unspecified atom stereocenters. The maximum Gasteiger partial charge on any atom is 0.162 e. The smallest absolute Gasteiger partial charge is 0.162 e. The summed E-state index contributed by atoms with van der Waals surface area (Å²) >= 11 is 6.23. The Kier molecular flexibility index (Phi) is 4.40. The van der Waals surface area contributed by atoms with Crippen molar-refractivity contribution in [1.29, 1.82) is 0 Å². The molecule has 3 rings (SSSR count). The Balaban J connectivity index is 1.69. The summed E-state index contributed by atoms with van der Waals surface area (Å²) < 4.78 is 1.75. The molecule has 1 aliphatic heterocycles. The number of hydrogen-bond donors (Lipinski definition) is 0. The third-order valence-corrected chi connectivity index (χ3v) is 4.65. The lowest BCUT2D eigenvalue weighted by atomic mass is 9.92. The maximum absolute atomic E-state index is 6.23. The van der Waals surface area contributed by atoms with Crippen LogP contribution in [0.25, 0.3) is 11.0 Å². The second kappa shape index (κ2) is 6.28. The van der Waals surface area contributed by atoms with Crippen molar-refractivity contribution in [2.75, 3.05) is 13.1 Å². The van der Waals surface area contributed by atoms with Crippen molar-refractivity contribution in [3.8, 4) is 0 Å². The summed E-state index contributed by atoms with van der Waals surface area (Å²) in [6.07, 6.45) is 6.94. The zero-order chi connectivity index (χ0) is 14.8. The molecule has 0 saturated carbocycles. The summed E-state index contributed by atoms with van der Waals surface area (Å²) in [5.74, 6) is 1.69. The van der Waals surface area contributed by atoms with E-state index in [9.17, 15) is 0 Å². The van der Waals surface area contributed by atoms with Crippen molar-refractivity contribution >= 4 is 22.6 Å². The fourth-order valence-corrected chi connectivity index (χ4v) is 3.37. The highest BCUT2D eigenvalue weighted by atomic mass is 35.5. The number of nitrogens with zero attached hydrogens (tertiary/aromatic N) is 5. The first kappa shape index (κ1) is 14.7. The Labute approximate surface area is 130 Å². The van der Waals surface area contributed by atoms with Crippen molar-refractivity contribution < 1.29 is 0 Å². The first-order valence-electron chi connectivity index (χ1n) is 7.74. The largest absolute Gasteiger partial charge is 0.296 e. The number of rotatable bonds is 4. The Morgan fingerprint density at radius 3 is 2.76 bits per heavy atom. The number of piperidine rings is 1. The van der Waals surface area contributed by atoms with Gasteiger partial charge in [-0.2, -0.15) is 5.10 Å². The predicted molar refractivity (Wildman–Crippen MR) is 84.2 cm³/mol. The van der Waals surface area contributed by atoms with Crippen LogP contribution in [0.5, 0.6) is 0 Å². The normalized spacial score (nSPS) is 17.7. The van der Waals surface area contributed by atoms with Crippen LogP contribution < -0.4 is 0 Å². The van der Waals surface area contributed by atoms with Crippen LogP contribution in [0.15, 0.2) is 6.20 Å². The van der Waals surface area contributed by atoms with Gasteiger partial charge >= 0.3 is 0 Å². The summed E-state index contributed by atoms with van der Waals surface area (Å²) in [7, 11) is 1.88. The van der Waals surface area contributed by atoms with Crippen LogP contribution in [0.2, 0.25) is 5.15 Å². The van der Waals surface area contributed by atoms with Gasteiger partial charge in [0.25, 0.3) is 0 Å². The molecule has 0 radical (unpaired) electrons. The first-order chi connectivity index (χ1) is 10.2. The third kappa shape index (κ3) is 3.19. The van der Waals surface area contributed by atoms with Gasteiger partial charge in [-0.25, -0.2) is 9.97 Å². The fourth-order valence-electron chi connectivity index (χ4n) is 3.14. The van der Waals surface area contributed by atoms with Crippen molar-refractivity contribution in [1.82, 2.24) is 24.6 Å². The van der Waals surface area contributed by atoms with E-state index >= 15 is 0 Å². The molecule has 6 heteroatoms. The van der Waals surface area contributed by atoms with Gasteiger partial charge < -0.3 is 0 Å². The molecule has 2 aromatic rings. The zero-order valence-electron chi connectivity index (χ0n) is 12.7. The number of halogens is 1. The Bertz CT molecular complexity index is 616. The van der Waals surface area contributed by atoms with Gasteiger partial charge in [0.2, 0.25) is 0 Å². The van der Waals surface area contributed by atoms with Crippen LogP contribution in [0, 0.1) is 5.92 Å². The van der Waals surface area contributed by atoms with Crippen LogP contribution in [-0.4, -0.2) is 37.7 Å². The van der Waals surface area contributed by atoms with E-state index in [4.69, 9.17) is 11.6 Å². The molecule has 0 aliphatic carbocycles. The molecule has 0 amide bonds. The minimum absolute atomic E-state index is 0.504. The number of aromatic nitrogens is 4. The first-order valence-corrected chi connectivity index (χ1v) is 8.11. The lowest BCUT2D eigenvalue weighted by Gasteiger charge is -2.31. The van der Waals surface area contributed by atoms with E-state index in [2.05, 4.69) is 26.9 Å². The number of fused-ring (bicyclic) bond motifs is 1. The van der Waals surface area contributed by atoms with Crippen molar-refractivity contribution in [3.05, 3.63) is 17.2 Å². The Morgan fingerprint density at radius 1 is 1.29 bits per heavy atom. The van der Waals surface area contributed by atoms with Crippen LogP contribution >= 0.6 is 11.6 Å². The molecule has 5 nitrogen and oxygen atoms in total. The lowest BCUT2D eigenvalue weighted by molar-refractivity contribution is 0.168. The summed E-state index contributed by atoms with van der Waals surface area (Å²) in [4.78, 5) is 11.5. The van der Waals surface area contributed by atoms with Gasteiger partial charge in [-0.3, -0.25) is 9.58 Å². The molecule has 0 atom stereocenters. The molecule has 1 aliphatic rings. The lowest BCUT2D eigenvalue weighted by Crippen LogP contribution is -2.33. The number of likely N-dealkylation sites (tertiary alicyclic amines) is 1. The van der Waals surface area contributed by atoms with E-state index in [-0.39, 0.29) is 0 Å². The average Bonchev–Trinajstić information content (AvgIpc) is 2.84. The second-order valence-corrected chi connectivity index (χ2v) is 6.30. The molecule has 1 fully saturated rings. The van der Waals surface area contributed by atoms with Crippen LogP contribution in [-0.2, 0) is 13.6 Å². The molecule has 21 heavy (non-hydrogen) atoms. The quantitative estimate of drug-likeness (QED) is 0.815. The number of aryl methyl sites for hydroxylation is 1.